The summed E-state index contributed by atoms with van der Waals surface area (Å²) in [6.07, 6.45) is -4.10. The van der Waals surface area contributed by atoms with Crippen molar-refractivity contribution in [2.24, 2.45) is 0 Å². The van der Waals surface area contributed by atoms with Gasteiger partial charge in [0.15, 0.2) is 5.75 Å². The van der Waals surface area contributed by atoms with Crippen molar-refractivity contribution >= 4 is 29.0 Å². The highest BCUT2D eigenvalue weighted by atomic mass is 35.5. The van der Waals surface area contributed by atoms with E-state index >= 15 is 0 Å². The van der Waals surface area contributed by atoms with Crippen LogP contribution in [0.5, 0.6) is 5.75 Å². The van der Waals surface area contributed by atoms with Gasteiger partial charge in [0, 0.05) is 0 Å². The Morgan fingerprint density at radius 3 is 2.36 bits per heavy atom. The van der Waals surface area contributed by atoms with Crippen molar-refractivity contribution in [3.05, 3.63) is 16.2 Å². The predicted molar refractivity (Wildman–Crippen MR) is 45.4 cm³/mol. The summed E-state index contributed by atoms with van der Waals surface area (Å²) < 4.78 is 38.8. The molecule has 0 unspecified atom stereocenters. The van der Waals surface area contributed by atoms with E-state index in [0.717, 1.165) is 6.20 Å². The summed E-state index contributed by atoms with van der Waals surface area (Å²) in [5, 5.41) is -0.690. The summed E-state index contributed by atoms with van der Waals surface area (Å²) in [6.45, 7) is 0. The topological polar surface area (TPSA) is 48.1 Å². The van der Waals surface area contributed by atoms with Crippen LogP contribution >= 0.6 is 23.2 Å². The highest BCUT2D eigenvalue weighted by molar-refractivity contribution is 6.44. The van der Waals surface area contributed by atoms with Crippen LogP contribution in [-0.2, 0) is 0 Å². The third kappa shape index (κ3) is 2.55. The van der Waals surface area contributed by atoms with Crippen molar-refractivity contribution in [3.8, 4) is 5.75 Å². The summed E-state index contributed by atoms with van der Waals surface area (Å²) in [5.74, 6) is -0.843. The highest BCUT2D eigenvalue weighted by Gasteiger charge is 2.32. The lowest BCUT2D eigenvalue weighted by atomic mass is 10.4. The van der Waals surface area contributed by atoms with Gasteiger partial charge in [0.25, 0.3) is 0 Å². The molecular weight excluding hydrogens is 244 g/mol. The van der Waals surface area contributed by atoms with Gasteiger partial charge in [0.2, 0.25) is 0 Å². The van der Waals surface area contributed by atoms with Crippen molar-refractivity contribution in [1.29, 1.82) is 0 Å². The average Bonchev–Trinajstić information content (AvgIpc) is 2.04. The Kier molecular flexibility index (Phi) is 2.96. The molecule has 0 fully saturated rings. The lowest BCUT2D eigenvalue weighted by molar-refractivity contribution is -0.274. The first-order valence-corrected chi connectivity index (χ1v) is 3.92. The standard InChI is InChI=1S/C6H3Cl2F3N2O/c7-3-2(14-6(9,10)11)1-13-5(12)4(3)8/h1H,(H2,12,13). The Hall–Kier alpha value is -0.880. The maximum atomic E-state index is 11.8. The number of pyridine rings is 1. The Morgan fingerprint density at radius 2 is 1.86 bits per heavy atom. The van der Waals surface area contributed by atoms with Crippen molar-refractivity contribution in [2.45, 2.75) is 6.36 Å². The largest absolute Gasteiger partial charge is 0.573 e. The van der Waals surface area contributed by atoms with Crippen molar-refractivity contribution in [1.82, 2.24) is 4.98 Å². The molecule has 0 aliphatic rings. The molecule has 3 nitrogen and oxygen atoms in total. The lowest BCUT2D eigenvalue weighted by Gasteiger charge is -2.10. The van der Waals surface area contributed by atoms with Gasteiger partial charge in [0.1, 0.15) is 15.9 Å². The minimum atomic E-state index is -4.84. The van der Waals surface area contributed by atoms with Gasteiger partial charge in [-0.1, -0.05) is 23.2 Å². The molecule has 0 bridgehead atoms. The number of aromatic nitrogens is 1. The second kappa shape index (κ2) is 3.70. The van der Waals surface area contributed by atoms with Gasteiger partial charge >= 0.3 is 6.36 Å². The number of hydrogen-bond donors (Lipinski definition) is 1. The van der Waals surface area contributed by atoms with Gasteiger partial charge < -0.3 is 10.5 Å². The molecule has 0 amide bonds. The van der Waals surface area contributed by atoms with E-state index in [1.165, 1.54) is 0 Å². The number of hydrogen-bond acceptors (Lipinski definition) is 3. The van der Waals surface area contributed by atoms with Crippen LogP contribution < -0.4 is 10.5 Å². The minimum absolute atomic E-state index is 0.161. The van der Waals surface area contributed by atoms with Gasteiger partial charge in [-0.15, -0.1) is 13.2 Å². The first kappa shape index (κ1) is 11.2. The Labute approximate surface area is 86.6 Å². The monoisotopic (exact) mass is 246 g/mol. The van der Waals surface area contributed by atoms with E-state index in [0.29, 0.717) is 0 Å². The molecule has 0 atom stereocenters. The SMILES string of the molecule is Nc1ncc(OC(F)(F)F)c(Cl)c1Cl. The molecule has 2 N–H and O–H groups in total. The van der Waals surface area contributed by atoms with Crippen molar-refractivity contribution in [3.63, 3.8) is 0 Å². The summed E-state index contributed by atoms with van der Waals surface area (Å²) >= 11 is 10.9. The molecule has 0 saturated carbocycles. The van der Waals surface area contributed by atoms with Gasteiger partial charge in [-0.2, -0.15) is 0 Å². The maximum Gasteiger partial charge on any atom is 0.573 e. The van der Waals surface area contributed by atoms with E-state index in [-0.39, 0.29) is 10.8 Å². The van der Waals surface area contributed by atoms with Gasteiger partial charge in [-0.05, 0) is 0 Å². The molecule has 0 spiro atoms. The quantitative estimate of drug-likeness (QED) is 0.829. The summed E-state index contributed by atoms with van der Waals surface area (Å²) in [5.41, 5.74) is 5.19. The van der Waals surface area contributed by atoms with E-state index < -0.39 is 17.1 Å². The Bertz CT molecular complexity index is 356. The van der Waals surface area contributed by atoms with Crippen LogP contribution in [0, 0.1) is 0 Å². The number of nitrogen functional groups attached to an aromatic ring is 1. The zero-order valence-corrected chi connectivity index (χ0v) is 7.91. The van der Waals surface area contributed by atoms with E-state index in [9.17, 15) is 13.2 Å². The molecule has 0 aromatic carbocycles. The number of halogens is 5. The molecule has 14 heavy (non-hydrogen) atoms. The van der Waals surface area contributed by atoms with Gasteiger partial charge in [-0.3, -0.25) is 0 Å². The molecule has 1 rings (SSSR count). The van der Waals surface area contributed by atoms with Crippen LogP contribution in [0.2, 0.25) is 10.0 Å². The lowest BCUT2D eigenvalue weighted by Crippen LogP contribution is -2.17. The fourth-order valence-corrected chi connectivity index (χ4v) is 0.984. The summed E-state index contributed by atoms with van der Waals surface area (Å²) in [7, 11) is 0. The first-order valence-electron chi connectivity index (χ1n) is 3.16. The predicted octanol–water partition coefficient (Wildman–Crippen LogP) is 2.87. The van der Waals surface area contributed by atoms with E-state index in [1.807, 2.05) is 0 Å². The number of nitrogens with two attached hydrogens (primary N) is 1. The Balaban J connectivity index is 3.06. The molecule has 0 radical (unpaired) electrons. The fourth-order valence-electron chi connectivity index (χ4n) is 0.658. The number of ether oxygens (including phenoxy) is 1. The van der Waals surface area contributed by atoms with Gasteiger partial charge in [0.05, 0.1) is 6.20 Å². The number of rotatable bonds is 1. The highest BCUT2D eigenvalue weighted by Crippen LogP contribution is 2.36. The van der Waals surface area contributed by atoms with Crippen molar-refractivity contribution < 1.29 is 17.9 Å². The molecule has 8 heteroatoms. The number of nitrogens with zero attached hydrogens (tertiary/aromatic N) is 1. The van der Waals surface area contributed by atoms with E-state index in [2.05, 4.69) is 9.72 Å². The van der Waals surface area contributed by atoms with E-state index in [1.54, 1.807) is 0 Å². The average molecular weight is 247 g/mol. The molecule has 1 aromatic rings. The number of alkyl halides is 3. The second-order valence-electron chi connectivity index (χ2n) is 2.18. The third-order valence-electron chi connectivity index (χ3n) is 1.18. The molecule has 0 saturated heterocycles. The zero-order chi connectivity index (χ0) is 10.9. The van der Waals surface area contributed by atoms with Crippen LogP contribution in [0.3, 0.4) is 0 Å². The summed E-state index contributed by atoms with van der Waals surface area (Å²) in [6, 6.07) is 0. The molecule has 1 heterocycles. The van der Waals surface area contributed by atoms with E-state index in [4.69, 9.17) is 28.9 Å². The minimum Gasteiger partial charge on any atom is -0.402 e. The molecule has 0 aliphatic carbocycles. The van der Waals surface area contributed by atoms with Crippen molar-refractivity contribution in [2.75, 3.05) is 5.73 Å². The molecule has 1 aromatic heterocycles. The van der Waals surface area contributed by atoms with Crippen LogP contribution in [-0.4, -0.2) is 11.3 Å². The first-order chi connectivity index (χ1) is 6.31. The van der Waals surface area contributed by atoms with Crippen LogP contribution in [0.4, 0.5) is 19.0 Å². The molecule has 0 aliphatic heterocycles. The normalized spacial score (nSPS) is 11.5. The van der Waals surface area contributed by atoms with Gasteiger partial charge in [-0.25, -0.2) is 4.98 Å². The smallest absolute Gasteiger partial charge is 0.402 e. The second-order valence-corrected chi connectivity index (χ2v) is 2.94. The Morgan fingerprint density at radius 1 is 1.29 bits per heavy atom. The summed E-state index contributed by atoms with van der Waals surface area (Å²) in [4.78, 5) is 3.36. The third-order valence-corrected chi connectivity index (χ3v) is 2.04. The molecular formula is C6H3Cl2F3N2O. The maximum absolute atomic E-state index is 11.8. The van der Waals surface area contributed by atoms with Crippen LogP contribution in [0.15, 0.2) is 6.20 Å². The zero-order valence-electron chi connectivity index (χ0n) is 6.40. The molecule has 78 valence electrons. The van der Waals surface area contributed by atoms with Crippen LogP contribution in [0.25, 0.3) is 0 Å². The fraction of sp³-hybridized carbons (Fsp3) is 0.167. The number of anilines is 1. The van der Waals surface area contributed by atoms with Crippen LogP contribution in [0.1, 0.15) is 0 Å².